The molecule has 0 aliphatic carbocycles. The van der Waals surface area contributed by atoms with Gasteiger partial charge in [-0.25, -0.2) is 0 Å². The summed E-state index contributed by atoms with van der Waals surface area (Å²) in [5.74, 6) is -1.16. The largest absolute Gasteiger partial charge is 0.494 e. The summed E-state index contributed by atoms with van der Waals surface area (Å²) in [6.45, 7) is 0.907. The lowest BCUT2D eigenvalue weighted by Crippen LogP contribution is -2.27. The van der Waals surface area contributed by atoms with E-state index in [9.17, 15) is 47.3 Å². The number of hydrogen-bond acceptors (Lipinski definition) is 20. The summed E-state index contributed by atoms with van der Waals surface area (Å²) in [7, 11) is -16.5. The van der Waals surface area contributed by atoms with Crippen molar-refractivity contribution in [1.29, 1.82) is 0 Å². The smallest absolute Gasteiger partial charge is 0.294 e. The van der Waals surface area contributed by atoms with Crippen molar-refractivity contribution in [3.63, 3.8) is 0 Å². The highest BCUT2D eigenvalue weighted by Gasteiger charge is 2.20. The van der Waals surface area contributed by atoms with E-state index in [0.29, 0.717) is 0 Å². The van der Waals surface area contributed by atoms with Crippen LogP contribution in [0.5, 0.6) is 11.5 Å². The Balaban J connectivity index is 1.46. The first-order valence-corrected chi connectivity index (χ1v) is 23.0. The SMILES string of the molecule is COc1cc(N=Nc2cccc(S(=O)(=O)O)c2)ccc1Nc1nc(Nc2ccc(N=Nc3ccc(S(=O)(=O)O)cc3)cc2OCCCS(=O)(=O)O)nc(NC(C)S(=O)(=O)O)n1. The van der Waals surface area contributed by atoms with Crippen LogP contribution >= 0.6 is 0 Å². The molecule has 4 aromatic carbocycles. The highest BCUT2D eigenvalue weighted by molar-refractivity contribution is 7.86. The summed E-state index contributed by atoms with van der Waals surface area (Å²) in [5, 5.41) is 22.9. The summed E-state index contributed by atoms with van der Waals surface area (Å²) in [5.41, 5.74) is 1.20. The molecular weight excluding hydrogens is 889 g/mol. The quantitative estimate of drug-likeness (QED) is 0.0284. The van der Waals surface area contributed by atoms with Gasteiger partial charge in [0.25, 0.3) is 40.5 Å². The Morgan fingerprint density at radius 1 is 0.607 bits per heavy atom. The Kier molecular flexibility index (Phi) is 14.2. The highest BCUT2D eigenvalue weighted by atomic mass is 32.2. The first-order valence-electron chi connectivity index (χ1n) is 17.0. The van der Waals surface area contributed by atoms with Gasteiger partial charge in [-0.05, 0) is 80.1 Å². The molecule has 0 aliphatic rings. The van der Waals surface area contributed by atoms with Crippen LogP contribution in [0, 0.1) is 0 Å². The van der Waals surface area contributed by atoms with Gasteiger partial charge in [-0.2, -0.15) is 69.1 Å². The Bertz CT molecular complexity index is 2920. The van der Waals surface area contributed by atoms with Gasteiger partial charge in [0.2, 0.25) is 17.8 Å². The molecule has 1 atom stereocenters. The van der Waals surface area contributed by atoms with E-state index in [1.54, 1.807) is 0 Å². The molecule has 324 valence electrons. The molecule has 24 nitrogen and oxygen atoms in total. The Morgan fingerprint density at radius 3 is 1.62 bits per heavy atom. The van der Waals surface area contributed by atoms with Gasteiger partial charge in [-0.1, -0.05) is 6.07 Å². The third-order valence-corrected chi connectivity index (χ3v) is 11.2. The number of ether oxygens (including phenoxy) is 2. The van der Waals surface area contributed by atoms with Gasteiger partial charge in [-0.3, -0.25) is 18.2 Å². The Hall–Kier alpha value is -6.27. The maximum atomic E-state index is 11.9. The first kappa shape index (κ1) is 45.8. The van der Waals surface area contributed by atoms with Gasteiger partial charge >= 0.3 is 0 Å². The molecule has 1 heterocycles. The summed E-state index contributed by atoms with van der Waals surface area (Å²) in [4.78, 5) is 12.0. The summed E-state index contributed by atoms with van der Waals surface area (Å²) in [6, 6.07) is 18.7. The van der Waals surface area contributed by atoms with Crippen molar-refractivity contribution in [3.8, 4) is 11.5 Å². The van der Waals surface area contributed by atoms with Gasteiger partial charge in [-0.15, -0.1) is 0 Å². The molecule has 0 amide bonds. The fourth-order valence-electron chi connectivity index (χ4n) is 4.74. The van der Waals surface area contributed by atoms with Crippen LogP contribution in [0.15, 0.2) is 115 Å². The number of benzene rings is 4. The second kappa shape index (κ2) is 19.0. The third kappa shape index (κ3) is 13.9. The minimum atomic E-state index is -4.64. The Labute approximate surface area is 348 Å². The number of hydrogen-bond donors (Lipinski definition) is 7. The van der Waals surface area contributed by atoms with Gasteiger partial charge < -0.3 is 25.4 Å². The zero-order valence-electron chi connectivity index (χ0n) is 31.4. The maximum absolute atomic E-state index is 11.9. The molecule has 0 fully saturated rings. The van der Waals surface area contributed by atoms with Crippen molar-refractivity contribution >= 4 is 92.4 Å². The molecule has 61 heavy (non-hydrogen) atoms. The molecule has 1 aromatic heterocycles. The zero-order chi connectivity index (χ0) is 44.6. The summed E-state index contributed by atoms with van der Waals surface area (Å²) in [6.07, 6.45) is -0.130. The average Bonchev–Trinajstić information content (AvgIpc) is 3.18. The van der Waals surface area contributed by atoms with Crippen LogP contribution < -0.4 is 25.4 Å². The average molecular weight is 923 g/mol. The van der Waals surface area contributed by atoms with Gasteiger partial charge in [0.15, 0.2) is 5.37 Å². The molecule has 0 bridgehead atoms. The number of methoxy groups -OCH3 is 1. The molecule has 1 unspecified atom stereocenters. The van der Waals surface area contributed by atoms with Crippen molar-refractivity contribution in [2.45, 2.75) is 28.5 Å². The lowest BCUT2D eigenvalue weighted by atomic mass is 10.2. The lowest BCUT2D eigenvalue weighted by molar-refractivity contribution is 0.317. The van der Waals surface area contributed by atoms with E-state index < -0.39 is 51.6 Å². The van der Waals surface area contributed by atoms with E-state index in [-0.39, 0.29) is 86.3 Å². The predicted molar refractivity (Wildman–Crippen MR) is 218 cm³/mol. The van der Waals surface area contributed by atoms with E-state index >= 15 is 0 Å². The van der Waals surface area contributed by atoms with Crippen molar-refractivity contribution in [1.82, 2.24) is 15.0 Å². The normalized spacial score (nSPS) is 13.0. The second-order valence-corrected chi connectivity index (χ2v) is 18.4. The molecule has 0 spiro atoms. The van der Waals surface area contributed by atoms with Gasteiger partial charge in [0.1, 0.15) is 11.5 Å². The van der Waals surface area contributed by atoms with Gasteiger partial charge in [0.05, 0.1) is 63.4 Å². The Morgan fingerprint density at radius 2 is 1.10 bits per heavy atom. The molecule has 5 rings (SSSR count). The standard InChI is InChI=1S/C33H34N10O14S4/c1-20(59(47,48)49)34-31-37-32(35-27-13-9-23(18-29(27)56-2)43-41-22-5-3-6-26(17-22)61(53,54)55)39-33(38-31)36-28-14-10-24(19-30(28)57-15-4-16-58(44,45)46)42-40-21-7-11-25(12-8-21)60(50,51)52/h3,5-14,17-20H,4,15-16H2,1-2H3,(H,44,45,46)(H,47,48,49)(H,50,51,52)(H,53,54,55)(H3,34,35,36,37,38,39). The van der Waals surface area contributed by atoms with E-state index in [0.717, 1.165) is 25.1 Å². The van der Waals surface area contributed by atoms with Crippen molar-refractivity contribution in [2.75, 3.05) is 35.4 Å². The zero-order valence-corrected chi connectivity index (χ0v) is 34.7. The number of nitrogens with zero attached hydrogens (tertiary/aromatic N) is 7. The van der Waals surface area contributed by atoms with Crippen LogP contribution in [0.25, 0.3) is 0 Å². The van der Waals surface area contributed by atoms with Gasteiger partial charge in [0, 0.05) is 12.1 Å². The first-order chi connectivity index (χ1) is 28.6. The van der Waals surface area contributed by atoms with E-state index in [2.05, 4.69) is 51.4 Å². The van der Waals surface area contributed by atoms with Crippen LogP contribution in [-0.2, 0) is 40.5 Å². The van der Waals surface area contributed by atoms with E-state index in [1.165, 1.54) is 73.8 Å². The van der Waals surface area contributed by atoms with Crippen molar-refractivity contribution in [2.24, 2.45) is 20.5 Å². The van der Waals surface area contributed by atoms with Crippen LogP contribution in [0.1, 0.15) is 13.3 Å². The minimum absolute atomic E-state index is 0.0420. The van der Waals surface area contributed by atoms with Crippen LogP contribution in [0.3, 0.4) is 0 Å². The van der Waals surface area contributed by atoms with E-state index in [4.69, 9.17) is 14.0 Å². The maximum Gasteiger partial charge on any atom is 0.294 e. The van der Waals surface area contributed by atoms with E-state index in [1.807, 2.05) is 0 Å². The topological polar surface area (TPSA) is 360 Å². The molecule has 28 heteroatoms. The fraction of sp³-hybridized carbons (Fsp3) is 0.182. The highest BCUT2D eigenvalue weighted by Crippen LogP contribution is 2.35. The van der Waals surface area contributed by atoms with Crippen LogP contribution in [0.4, 0.5) is 52.0 Å². The summed E-state index contributed by atoms with van der Waals surface area (Å²) >= 11 is 0. The van der Waals surface area contributed by atoms with Crippen LogP contribution in [-0.4, -0.2) is 91.7 Å². The molecular formula is C33H34N10O14S4. The molecule has 7 N–H and O–H groups in total. The molecule has 0 saturated heterocycles. The van der Waals surface area contributed by atoms with Crippen molar-refractivity contribution < 1.29 is 61.4 Å². The second-order valence-electron chi connectivity index (χ2n) is 12.3. The number of anilines is 5. The number of nitrogens with one attached hydrogen (secondary N) is 3. The monoisotopic (exact) mass is 922 g/mol. The number of azo groups is 2. The fourth-order valence-corrected chi connectivity index (χ4v) is 6.47. The summed E-state index contributed by atoms with van der Waals surface area (Å²) < 4.78 is 141. The molecule has 5 aromatic rings. The minimum Gasteiger partial charge on any atom is -0.494 e. The number of aromatic nitrogens is 3. The molecule has 0 radical (unpaired) electrons. The molecule has 0 saturated carbocycles. The lowest BCUT2D eigenvalue weighted by Gasteiger charge is -2.16. The van der Waals surface area contributed by atoms with Crippen molar-refractivity contribution in [3.05, 3.63) is 84.9 Å². The van der Waals surface area contributed by atoms with Crippen LogP contribution in [0.2, 0.25) is 0 Å². The third-order valence-electron chi connectivity index (χ3n) is 7.67. The predicted octanol–water partition coefficient (Wildman–Crippen LogP) is 5.99. The number of rotatable bonds is 19. The molecule has 0 aliphatic heterocycles.